The van der Waals surface area contributed by atoms with Gasteiger partial charge in [-0.3, -0.25) is 0 Å². The van der Waals surface area contributed by atoms with Crippen LogP contribution in [0.1, 0.15) is 44.0 Å². The zero-order chi connectivity index (χ0) is 19.9. The molecular weight excluding hydrogens is 380 g/mol. The van der Waals surface area contributed by atoms with Crippen LogP contribution in [0.5, 0.6) is 0 Å². The molecular formula is C19H23ClN6O2. The molecule has 3 aromatic rings. The largest absolute Gasteiger partial charge is 0.359 e. The quantitative estimate of drug-likeness (QED) is 0.458. The van der Waals surface area contributed by atoms with E-state index < -0.39 is 0 Å². The third-order valence-corrected chi connectivity index (χ3v) is 4.14. The molecule has 148 valence electrons. The number of guanidine groups is 1. The lowest BCUT2D eigenvalue weighted by Gasteiger charge is -2.08. The first kappa shape index (κ1) is 19.9. The average Bonchev–Trinajstić information content (AvgIpc) is 3.34. The standard InChI is InChI=1S/C19H23ClN6O2/c1-4-21-19(22-10-15-9-16(12(2)3)25-27-15)23-11-17-24-18(26-28-17)13-5-7-14(20)8-6-13/h5-9,12H,4,10-11H2,1-3H3,(H2,21,22,23). The maximum absolute atomic E-state index is 5.90. The van der Waals surface area contributed by atoms with Gasteiger partial charge in [0.2, 0.25) is 11.7 Å². The van der Waals surface area contributed by atoms with Crippen LogP contribution in [0.2, 0.25) is 5.02 Å². The van der Waals surface area contributed by atoms with Gasteiger partial charge in [0.25, 0.3) is 0 Å². The Morgan fingerprint density at radius 1 is 1.14 bits per heavy atom. The Morgan fingerprint density at radius 3 is 2.61 bits per heavy atom. The lowest BCUT2D eigenvalue weighted by atomic mass is 10.1. The van der Waals surface area contributed by atoms with E-state index in [1.165, 1.54) is 0 Å². The molecule has 1 aromatic carbocycles. The summed E-state index contributed by atoms with van der Waals surface area (Å²) in [5, 5.41) is 15.0. The summed E-state index contributed by atoms with van der Waals surface area (Å²) in [7, 11) is 0. The van der Waals surface area contributed by atoms with Crippen LogP contribution in [0.25, 0.3) is 11.4 Å². The van der Waals surface area contributed by atoms with E-state index >= 15 is 0 Å². The van der Waals surface area contributed by atoms with Gasteiger partial charge in [0.05, 0.1) is 12.2 Å². The summed E-state index contributed by atoms with van der Waals surface area (Å²) in [6.07, 6.45) is 0. The minimum absolute atomic E-state index is 0.320. The summed E-state index contributed by atoms with van der Waals surface area (Å²) in [5.41, 5.74) is 1.76. The summed E-state index contributed by atoms with van der Waals surface area (Å²) in [6.45, 7) is 7.58. The normalized spacial score (nSPS) is 11.8. The summed E-state index contributed by atoms with van der Waals surface area (Å²) in [4.78, 5) is 8.89. The van der Waals surface area contributed by atoms with Gasteiger partial charge in [-0.25, -0.2) is 4.99 Å². The van der Waals surface area contributed by atoms with Crippen LogP contribution < -0.4 is 10.6 Å². The van der Waals surface area contributed by atoms with E-state index in [0.29, 0.717) is 47.5 Å². The number of nitrogens with zero attached hydrogens (tertiary/aromatic N) is 4. The number of hydrogen-bond donors (Lipinski definition) is 2. The Kier molecular flexibility index (Phi) is 6.65. The van der Waals surface area contributed by atoms with Crippen LogP contribution in [-0.2, 0) is 13.1 Å². The SMILES string of the molecule is CCNC(=NCc1cc(C(C)C)no1)NCc1nc(-c2ccc(Cl)cc2)no1. The third-order valence-electron chi connectivity index (χ3n) is 3.88. The molecule has 0 bridgehead atoms. The fourth-order valence-corrected chi connectivity index (χ4v) is 2.50. The first-order chi connectivity index (χ1) is 13.5. The summed E-state index contributed by atoms with van der Waals surface area (Å²) >= 11 is 5.90. The molecule has 2 N–H and O–H groups in total. The van der Waals surface area contributed by atoms with E-state index in [1.807, 2.05) is 25.1 Å². The molecule has 0 aliphatic carbocycles. The van der Waals surface area contributed by atoms with Crippen LogP contribution in [0.3, 0.4) is 0 Å². The number of hydrogen-bond acceptors (Lipinski definition) is 6. The van der Waals surface area contributed by atoms with Gasteiger partial charge >= 0.3 is 0 Å². The van der Waals surface area contributed by atoms with Gasteiger partial charge in [0.1, 0.15) is 6.54 Å². The molecule has 0 spiro atoms. The van der Waals surface area contributed by atoms with Crippen molar-refractivity contribution in [1.82, 2.24) is 25.9 Å². The van der Waals surface area contributed by atoms with Crippen molar-refractivity contribution in [3.63, 3.8) is 0 Å². The molecule has 0 radical (unpaired) electrons. The molecule has 0 saturated carbocycles. The smallest absolute Gasteiger partial charge is 0.246 e. The second kappa shape index (κ2) is 9.36. The van der Waals surface area contributed by atoms with Gasteiger partial charge in [-0.1, -0.05) is 35.8 Å². The monoisotopic (exact) mass is 402 g/mol. The highest BCUT2D eigenvalue weighted by atomic mass is 35.5. The zero-order valence-electron chi connectivity index (χ0n) is 16.1. The second-order valence-corrected chi connectivity index (χ2v) is 6.88. The fraction of sp³-hybridized carbons (Fsp3) is 0.368. The van der Waals surface area contributed by atoms with Gasteiger partial charge in [-0.05, 0) is 37.1 Å². The minimum Gasteiger partial charge on any atom is -0.359 e. The Morgan fingerprint density at radius 2 is 1.93 bits per heavy atom. The van der Waals surface area contributed by atoms with Crippen molar-refractivity contribution in [3.8, 4) is 11.4 Å². The molecule has 0 atom stereocenters. The molecule has 0 saturated heterocycles. The average molecular weight is 403 g/mol. The molecule has 0 aliphatic heterocycles. The highest BCUT2D eigenvalue weighted by molar-refractivity contribution is 6.30. The Balaban J connectivity index is 1.60. The van der Waals surface area contributed by atoms with Crippen molar-refractivity contribution < 1.29 is 9.05 Å². The van der Waals surface area contributed by atoms with E-state index in [2.05, 4.69) is 44.8 Å². The lowest BCUT2D eigenvalue weighted by molar-refractivity contribution is 0.373. The van der Waals surface area contributed by atoms with Crippen molar-refractivity contribution in [1.29, 1.82) is 0 Å². The molecule has 0 unspecified atom stereocenters. The van der Waals surface area contributed by atoms with Crippen molar-refractivity contribution in [2.75, 3.05) is 6.54 Å². The maximum Gasteiger partial charge on any atom is 0.246 e. The van der Waals surface area contributed by atoms with Crippen molar-refractivity contribution in [2.45, 2.75) is 39.8 Å². The molecule has 28 heavy (non-hydrogen) atoms. The number of halogens is 1. The second-order valence-electron chi connectivity index (χ2n) is 6.44. The molecule has 3 rings (SSSR count). The van der Waals surface area contributed by atoms with E-state index in [1.54, 1.807) is 12.1 Å². The van der Waals surface area contributed by atoms with Crippen LogP contribution in [0.15, 0.2) is 44.4 Å². The van der Waals surface area contributed by atoms with Gasteiger partial charge in [0.15, 0.2) is 11.7 Å². The first-order valence-electron chi connectivity index (χ1n) is 9.11. The fourth-order valence-electron chi connectivity index (χ4n) is 2.38. The van der Waals surface area contributed by atoms with Gasteiger partial charge in [-0.2, -0.15) is 4.98 Å². The highest BCUT2D eigenvalue weighted by Gasteiger charge is 2.10. The molecule has 0 fully saturated rings. The van der Waals surface area contributed by atoms with Gasteiger partial charge in [-0.15, -0.1) is 0 Å². The molecule has 2 aromatic heterocycles. The summed E-state index contributed by atoms with van der Waals surface area (Å²) < 4.78 is 10.6. The van der Waals surface area contributed by atoms with Crippen molar-refractivity contribution in [2.24, 2.45) is 4.99 Å². The molecule has 2 heterocycles. The first-order valence-corrected chi connectivity index (χ1v) is 9.49. The van der Waals surface area contributed by atoms with E-state index in [0.717, 1.165) is 17.8 Å². The van der Waals surface area contributed by atoms with Crippen molar-refractivity contribution >= 4 is 17.6 Å². The number of aliphatic imine (C=N–C) groups is 1. The number of benzene rings is 1. The lowest BCUT2D eigenvalue weighted by Crippen LogP contribution is -2.36. The Labute approximate surface area is 168 Å². The predicted octanol–water partition coefficient (Wildman–Crippen LogP) is 3.76. The van der Waals surface area contributed by atoms with Crippen LogP contribution in [0.4, 0.5) is 0 Å². The molecule has 9 heteroatoms. The van der Waals surface area contributed by atoms with E-state index in [-0.39, 0.29) is 0 Å². The zero-order valence-corrected chi connectivity index (χ0v) is 16.8. The molecule has 0 aliphatic rings. The number of nitrogens with one attached hydrogen (secondary N) is 2. The summed E-state index contributed by atoms with van der Waals surface area (Å²) in [5.74, 6) is 2.62. The topological polar surface area (TPSA) is 101 Å². The molecule has 0 amide bonds. The number of rotatable bonds is 7. The highest BCUT2D eigenvalue weighted by Crippen LogP contribution is 2.18. The van der Waals surface area contributed by atoms with Gasteiger partial charge < -0.3 is 19.7 Å². The Bertz CT molecular complexity index is 917. The molecule has 8 nitrogen and oxygen atoms in total. The minimum atomic E-state index is 0.320. The van der Waals surface area contributed by atoms with Gasteiger partial charge in [0, 0.05) is 23.2 Å². The Hall–Kier alpha value is -2.87. The van der Waals surface area contributed by atoms with Crippen LogP contribution in [-0.4, -0.2) is 27.8 Å². The van der Waals surface area contributed by atoms with Crippen LogP contribution >= 0.6 is 11.6 Å². The van der Waals surface area contributed by atoms with E-state index in [9.17, 15) is 0 Å². The third kappa shape index (κ3) is 5.32. The van der Waals surface area contributed by atoms with Crippen LogP contribution in [0, 0.1) is 0 Å². The van der Waals surface area contributed by atoms with Crippen molar-refractivity contribution in [3.05, 3.63) is 52.7 Å². The predicted molar refractivity (Wildman–Crippen MR) is 107 cm³/mol. The maximum atomic E-state index is 5.90. The summed E-state index contributed by atoms with van der Waals surface area (Å²) in [6, 6.07) is 9.19. The number of aromatic nitrogens is 3. The van der Waals surface area contributed by atoms with E-state index in [4.69, 9.17) is 20.6 Å².